The van der Waals surface area contributed by atoms with Gasteiger partial charge >= 0.3 is 0 Å². The molecule has 4 heteroatoms. The molecule has 0 aliphatic heterocycles. The average Bonchev–Trinajstić information content (AvgIpc) is 2.68. The van der Waals surface area contributed by atoms with Crippen molar-refractivity contribution in [3.05, 3.63) is 36.5 Å². The number of hydrogen-bond donors (Lipinski definition) is 2. The largest absolute Gasteiger partial charge is 0.508 e. The molecule has 0 fully saturated rings. The van der Waals surface area contributed by atoms with E-state index in [4.69, 9.17) is 10.8 Å². The van der Waals surface area contributed by atoms with Crippen molar-refractivity contribution in [1.29, 1.82) is 0 Å². The highest BCUT2D eigenvalue weighted by Gasteiger charge is 2.01. The van der Waals surface area contributed by atoms with Crippen LogP contribution in [0.25, 0.3) is 11.3 Å². The van der Waals surface area contributed by atoms with Gasteiger partial charge in [0.2, 0.25) is 0 Å². The minimum atomic E-state index is 0.254. The lowest BCUT2D eigenvalue weighted by molar-refractivity contribution is 0.475. The van der Waals surface area contributed by atoms with Gasteiger partial charge in [-0.1, -0.05) is 0 Å². The number of rotatable bonds is 3. The van der Waals surface area contributed by atoms with E-state index in [2.05, 4.69) is 11.3 Å². The maximum Gasteiger partial charge on any atom is 0.115 e. The normalized spacial score (nSPS) is 10.5. The van der Waals surface area contributed by atoms with Gasteiger partial charge in [-0.05, 0) is 30.3 Å². The third kappa shape index (κ3) is 2.16. The third-order valence-corrected chi connectivity index (χ3v) is 2.08. The lowest BCUT2D eigenvalue weighted by Crippen LogP contribution is -2.10. The van der Waals surface area contributed by atoms with Crippen molar-refractivity contribution in [2.75, 3.05) is 6.54 Å². The first kappa shape index (κ1) is 9.73. The van der Waals surface area contributed by atoms with E-state index in [1.54, 1.807) is 16.8 Å². The predicted molar refractivity (Wildman–Crippen MR) is 57.2 cm³/mol. The summed E-state index contributed by atoms with van der Waals surface area (Å²) in [5.41, 5.74) is 7.21. The van der Waals surface area contributed by atoms with Crippen LogP contribution in [0.15, 0.2) is 30.3 Å². The summed E-state index contributed by atoms with van der Waals surface area (Å²) in [7, 11) is 0. The molecule has 3 N–H and O–H groups in total. The fourth-order valence-corrected chi connectivity index (χ4v) is 1.33. The lowest BCUT2D eigenvalue weighted by atomic mass is 10.1. The minimum Gasteiger partial charge on any atom is -0.508 e. The van der Waals surface area contributed by atoms with Crippen molar-refractivity contribution in [2.45, 2.75) is 6.54 Å². The number of nitrogens with zero attached hydrogens (tertiary/aromatic N) is 2. The smallest absolute Gasteiger partial charge is 0.115 e. The first-order valence-electron chi connectivity index (χ1n) is 4.74. The Kier molecular flexibility index (Phi) is 2.69. The second kappa shape index (κ2) is 4.14. The molecule has 15 heavy (non-hydrogen) atoms. The van der Waals surface area contributed by atoms with Crippen LogP contribution in [0, 0.1) is 6.20 Å². The van der Waals surface area contributed by atoms with Gasteiger partial charge in [0.15, 0.2) is 0 Å². The summed E-state index contributed by atoms with van der Waals surface area (Å²) < 4.78 is 1.68. The molecule has 0 unspecified atom stereocenters. The van der Waals surface area contributed by atoms with Gasteiger partial charge in [0.1, 0.15) is 5.75 Å². The zero-order valence-corrected chi connectivity index (χ0v) is 8.22. The van der Waals surface area contributed by atoms with Gasteiger partial charge in [0.25, 0.3) is 0 Å². The van der Waals surface area contributed by atoms with Gasteiger partial charge < -0.3 is 10.8 Å². The second-order valence-electron chi connectivity index (χ2n) is 3.22. The second-order valence-corrected chi connectivity index (χ2v) is 3.22. The van der Waals surface area contributed by atoms with Crippen LogP contribution in [0.4, 0.5) is 0 Å². The Morgan fingerprint density at radius 2 is 2.07 bits per heavy atom. The van der Waals surface area contributed by atoms with Gasteiger partial charge in [-0.25, -0.2) is 0 Å². The fraction of sp³-hybridized carbons (Fsp3) is 0.182. The van der Waals surface area contributed by atoms with E-state index in [-0.39, 0.29) is 5.75 Å². The Balaban J connectivity index is 2.25. The van der Waals surface area contributed by atoms with Gasteiger partial charge in [0.05, 0.1) is 18.4 Å². The third-order valence-electron chi connectivity index (χ3n) is 2.08. The molecule has 0 amide bonds. The van der Waals surface area contributed by atoms with E-state index in [1.165, 1.54) is 0 Å². The number of benzene rings is 1. The molecule has 1 heterocycles. The van der Waals surface area contributed by atoms with Crippen molar-refractivity contribution < 1.29 is 5.11 Å². The highest BCUT2D eigenvalue weighted by Crippen LogP contribution is 2.19. The molecule has 0 bridgehead atoms. The van der Waals surface area contributed by atoms with Gasteiger partial charge in [0, 0.05) is 12.1 Å². The molecule has 77 valence electrons. The summed E-state index contributed by atoms with van der Waals surface area (Å²) in [6.45, 7) is 1.21. The first-order chi connectivity index (χ1) is 7.29. The highest BCUT2D eigenvalue weighted by atomic mass is 16.3. The molecule has 0 saturated heterocycles. The predicted octanol–water partition coefficient (Wildman–Crippen LogP) is 1.01. The first-order valence-corrected chi connectivity index (χ1v) is 4.74. The summed E-state index contributed by atoms with van der Waals surface area (Å²) in [6.07, 6.45) is 2.98. The van der Waals surface area contributed by atoms with E-state index < -0.39 is 0 Å². The zero-order chi connectivity index (χ0) is 10.7. The van der Waals surface area contributed by atoms with Crippen LogP contribution in [0.2, 0.25) is 0 Å². The molecular weight excluding hydrogens is 190 g/mol. The average molecular weight is 202 g/mol. The van der Waals surface area contributed by atoms with E-state index in [0.717, 1.165) is 11.3 Å². The molecule has 2 rings (SSSR count). The van der Waals surface area contributed by atoms with Crippen LogP contribution >= 0.6 is 0 Å². The van der Waals surface area contributed by atoms with E-state index in [9.17, 15) is 0 Å². The molecular formula is C11H12N3O. The molecule has 2 aromatic rings. The quantitative estimate of drug-likeness (QED) is 0.780. The Labute approximate surface area is 88.0 Å². The van der Waals surface area contributed by atoms with E-state index in [1.807, 2.05) is 18.2 Å². The lowest BCUT2D eigenvalue weighted by Gasteiger charge is -1.98. The number of nitrogens with two attached hydrogens (primary N) is 1. The van der Waals surface area contributed by atoms with Crippen molar-refractivity contribution in [1.82, 2.24) is 9.78 Å². The SMILES string of the molecule is NCCn1[c]cc(-c2ccc(O)cc2)n1. The van der Waals surface area contributed by atoms with Gasteiger partial charge in [-0.3, -0.25) is 4.68 Å². The van der Waals surface area contributed by atoms with Gasteiger partial charge in [-0.15, -0.1) is 0 Å². The van der Waals surface area contributed by atoms with Crippen molar-refractivity contribution in [3.63, 3.8) is 0 Å². The van der Waals surface area contributed by atoms with Crippen LogP contribution in [0.5, 0.6) is 5.75 Å². The maximum absolute atomic E-state index is 9.14. The van der Waals surface area contributed by atoms with Crippen molar-refractivity contribution in [2.24, 2.45) is 5.73 Å². The van der Waals surface area contributed by atoms with Crippen LogP contribution in [0.1, 0.15) is 0 Å². The standard InChI is InChI=1S/C11H12N3O/c12-6-8-14-7-5-11(13-14)9-1-3-10(15)4-2-9/h1-5,15H,6,8,12H2. The highest BCUT2D eigenvalue weighted by molar-refractivity contribution is 5.59. The summed E-state index contributed by atoms with van der Waals surface area (Å²) in [4.78, 5) is 0. The molecule has 4 nitrogen and oxygen atoms in total. The fourth-order valence-electron chi connectivity index (χ4n) is 1.33. The van der Waals surface area contributed by atoms with E-state index >= 15 is 0 Å². The molecule has 1 aromatic carbocycles. The summed E-state index contributed by atoms with van der Waals surface area (Å²) in [5, 5.41) is 13.4. The monoisotopic (exact) mass is 202 g/mol. The number of hydrogen-bond acceptors (Lipinski definition) is 3. The van der Waals surface area contributed by atoms with Crippen LogP contribution in [-0.4, -0.2) is 21.4 Å². The van der Waals surface area contributed by atoms with Crippen LogP contribution in [0.3, 0.4) is 0 Å². The van der Waals surface area contributed by atoms with Crippen LogP contribution in [-0.2, 0) is 6.54 Å². The molecule has 0 saturated carbocycles. The molecule has 0 aliphatic carbocycles. The Morgan fingerprint density at radius 3 is 2.73 bits per heavy atom. The number of phenolic OH excluding ortho intramolecular Hbond substituents is 1. The molecule has 1 aromatic heterocycles. The number of aromatic hydroxyl groups is 1. The number of aromatic nitrogens is 2. The maximum atomic E-state index is 9.14. The Morgan fingerprint density at radius 1 is 1.33 bits per heavy atom. The molecule has 0 atom stereocenters. The zero-order valence-electron chi connectivity index (χ0n) is 8.22. The van der Waals surface area contributed by atoms with Crippen molar-refractivity contribution in [3.8, 4) is 17.0 Å². The van der Waals surface area contributed by atoms with Crippen molar-refractivity contribution >= 4 is 0 Å². The van der Waals surface area contributed by atoms with E-state index in [0.29, 0.717) is 13.1 Å². The minimum absolute atomic E-state index is 0.254. The van der Waals surface area contributed by atoms with Gasteiger partial charge in [-0.2, -0.15) is 5.10 Å². The Hall–Kier alpha value is -1.81. The molecule has 0 aliphatic rings. The number of phenols is 1. The molecule has 1 radical (unpaired) electrons. The summed E-state index contributed by atoms with van der Waals surface area (Å²) >= 11 is 0. The van der Waals surface area contributed by atoms with Crippen LogP contribution < -0.4 is 5.73 Å². The topological polar surface area (TPSA) is 64.1 Å². The Bertz CT molecular complexity index is 433. The summed E-state index contributed by atoms with van der Waals surface area (Å²) in [6, 6.07) is 8.72. The molecule has 0 spiro atoms. The summed E-state index contributed by atoms with van der Waals surface area (Å²) in [5.74, 6) is 0.254.